The van der Waals surface area contributed by atoms with E-state index in [1.165, 1.54) is 18.2 Å². The fourth-order valence-corrected chi connectivity index (χ4v) is 1.52. The van der Waals surface area contributed by atoms with Crippen molar-refractivity contribution in [3.05, 3.63) is 35.6 Å². The van der Waals surface area contributed by atoms with E-state index in [2.05, 4.69) is 10.6 Å². The van der Waals surface area contributed by atoms with Crippen LogP contribution in [0.3, 0.4) is 0 Å². The molecule has 0 saturated heterocycles. The van der Waals surface area contributed by atoms with Crippen molar-refractivity contribution in [2.24, 2.45) is 0 Å². The Labute approximate surface area is 119 Å². The van der Waals surface area contributed by atoms with E-state index in [1.54, 1.807) is 0 Å². The van der Waals surface area contributed by atoms with Crippen LogP contribution in [-0.4, -0.2) is 47.2 Å². The third-order valence-electron chi connectivity index (χ3n) is 2.55. The lowest BCUT2D eigenvalue weighted by Crippen LogP contribution is -2.45. The number of halogens is 1. The van der Waals surface area contributed by atoms with Gasteiger partial charge in [0.1, 0.15) is 11.9 Å². The molecule has 0 aliphatic heterocycles. The summed E-state index contributed by atoms with van der Waals surface area (Å²) < 4.78 is 12.9. The average Bonchev–Trinajstić information content (AvgIpc) is 2.44. The van der Waals surface area contributed by atoms with Gasteiger partial charge >= 0.3 is 5.97 Å². The number of aliphatic hydroxyl groups excluding tert-OH is 1. The predicted molar refractivity (Wildman–Crippen MR) is 70.0 cm³/mol. The Balaban J connectivity index is 2.49. The molecule has 1 rings (SSSR count). The van der Waals surface area contributed by atoms with Gasteiger partial charge in [-0.15, -0.1) is 0 Å². The van der Waals surface area contributed by atoms with Gasteiger partial charge in [-0.3, -0.25) is 9.59 Å². The minimum atomic E-state index is -1.28. The Kier molecular flexibility index (Phi) is 6.28. The average molecular weight is 298 g/mol. The molecule has 0 radical (unpaired) electrons. The Hall–Kier alpha value is -2.48. The normalized spacial score (nSPS) is 11.5. The quantitative estimate of drug-likeness (QED) is 0.542. The maximum Gasteiger partial charge on any atom is 0.326 e. The highest BCUT2D eigenvalue weighted by atomic mass is 19.1. The molecule has 0 heterocycles. The Morgan fingerprint density at radius 2 is 2.00 bits per heavy atom. The van der Waals surface area contributed by atoms with Crippen LogP contribution in [0.1, 0.15) is 16.8 Å². The second-order valence-electron chi connectivity index (χ2n) is 4.16. The number of amides is 2. The number of aliphatic carboxylic acids is 1. The molecule has 21 heavy (non-hydrogen) atoms. The van der Waals surface area contributed by atoms with Crippen molar-refractivity contribution >= 4 is 17.8 Å². The number of carboxylic acids is 1. The van der Waals surface area contributed by atoms with Crippen LogP contribution in [0.4, 0.5) is 4.39 Å². The highest BCUT2D eigenvalue weighted by Gasteiger charge is 2.19. The van der Waals surface area contributed by atoms with Crippen LogP contribution < -0.4 is 10.6 Å². The molecule has 0 aromatic heterocycles. The van der Waals surface area contributed by atoms with Gasteiger partial charge in [0.15, 0.2) is 0 Å². The topological polar surface area (TPSA) is 116 Å². The zero-order chi connectivity index (χ0) is 15.8. The minimum Gasteiger partial charge on any atom is -0.480 e. The van der Waals surface area contributed by atoms with Crippen LogP contribution in [0.15, 0.2) is 24.3 Å². The van der Waals surface area contributed by atoms with Crippen molar-refractivity contribution in [1.82, 2.24) is 10.6 Å². The molecule has 1 aromatic rings. The van der Waals surface area contributed by atoms with Crippen LogP contribution in [0.25, 0.3) is 0 Å². The summed E-state index contributed by atoms with van der Waals surface area (Å²) >= 11 is 0. The van der Waals surface area contributed by atoms with E-state index in [-0.39, 0.29) is 12.0 Å². The summed E-state index contributed by atoms with van der Waals surface area (Å²) in [5.41, 5.74) is 0.0490. The van der Waals surface area contributed by atoms with E-state index in [0.29, 0.717) is 0 Å². The molecule has 114 valence electrons. The van der Waals surface area contributed by atoms with E-state index in [4.69, 9.17) is 10.2 Å². The van der Waals surface area contributed by atoms with Gasteiger partial charge in [-0.2, -0.15) is 0 Å². The molecule has 1 aromatic carbocycles. The van der Waals surface area contributed by atoms with Gasteiger partial charge in [-0.1, -0.05) is 6.07 Å². The van der Waals surface area contributed by atoms with Crippen molar-refractivity contribution in [1.29, 1.82) is 0 Å². The highest BCUT2D eigenvalue weighted by Crippen LogP contribution is 2.02. The maximum absolute atomic E-state index is 12.9. The first-order chi connectivity index (χ1) is 9.93. The molecule has 1 atom stereocenters. The van der Waals surface area contributed by atoms with E-state index < -0.39 is 42.8 Å². The SMILES string of the molecule is O=C(CNC(=O)c1cccc(F)c1)N[C@H](CCO)C(=O)O. The van der Waals surface area contributed by atoms with Gasteiger partial charge in [0, 0.05) is 18.6 Å². The third kappa shape index (κ3) is 5.57. The number of carbonyl (C=O) groups is 3. The van der Waals surface area contributed by atoms with Crippen molar-refractivity contribution < 1.29 is 29.0 Å². The fourth-order valence-electron chi connectivity index (χ4n) is 1.52. The van der Waals surface area contributed by atoms with E-state index >= 15 is 0 Å². The molecule has 8 heteroatoms. The summed E-state index contributed by atoms with van der Waals surface area (Å²) in [6.45, 7) is -0.850. The molecule has 0 aliphatic carbocycles. The van der Waals surface area contributed by atoms with Crippen LogP contribution in [0.5, 0.6) is 0 Å². The molecule has 0 aliphatic rings. The second-order valence-corrected chi connectivity index (χ2v) is 4.16. The Morgan fingerprint density at radius 1 is 1.29 bits per heavy atom. The monoisotopic (exact) mass is 298 g/mol. The molecular weight excluding hydrogens is 283 g/mol. The van der Waals surface area contributed by atoms with Crippen LogP contribution >= 0.6 is 0 Å². The Bertz CT molecular complexity index is 535. The lowest BCUT2D eigenvalue weighted by molar-refractivity contribution is -0.142. The first kappa shape index (κ1) is 16.6. The number of benzene rings is 1. The largest absolute Gasteiger partial charge is 0.480 e. The van der Waals surface area contributed by atoms with Crippen molar-refractivity contribution in [3.63, 3.8) is 0 Å². The summed E-state index contributed by atoms with van der Waals surface area (Å²) in [4.78, 5) is 33.9. The van der Waals surface area contributed by atoms with Crippen molar-refractivity contribution in [3.8, 4) is 0 Å². The van der Waals surface area contributed by atoms with Gasteiger partial charge in [-0.05, 0) is 18.2 Å². The first-order valence-corrected chi connectivity index (χ1v) is 6.11. The smallest absolute Gasteiger partial charge is 0.326 e. The van der Waals surface area contributed by atoms with Crippen molar-refractivity contribution in [2.45, 2.75) is 12.5 Å². The maximum atomic E-state index is 12.9. The molecule has 0 unspecified atom stereocenters. The van der Waals surface area contributed by atoms with Crippen LogP contribution in [-0.2, 0) is 9.59 Å². The minimum absolute atomic E-state index is 0.0490. The number of rotatable bonds is 7. The molecule has 0 saturated carbocycles. The third-order valence-corrected chi connectivity index (χ3v) is 2.55. The molecule has 4 N–H and O–H groups in total. The lowest BCUT2D eigenvalue weighted by Gasteiger charge is -2.13. The number of carbonyl (C=O) groups excluding carboxylic acids is 2. The number of aliphatic hydroxyl groups is 1. The zero-order valence-corrected chi connectivity index (χ0v) is 11.0. The Morgan fingerprint density at radius 3 is 2.57 bits per heavy atom. The van der Waals surface area contributed by atoms with E-state index in [0.717, 1.165) is 6.07 Å². The number of nitrogens with one attached hydrogen (secondary N) is 2. The lowest BCUT2D eigenvalue weighted by atomic mass is 10.2. The summed E-state index contributed by atoms with van der Waals surface area (Å²) in [6, 6.07) is 3.69. The van der Waals surface area contributed by atoms with E-state index in [9.17, 15) is 18.8 Å². The molecule has 7 nitrogen and oxygen atoms in total. The fraction of sp³-hybridized carbons (Fsp3) is 0.308. The van der Waals surface area contributed by atoms with Gasteiger partial charge in [0.25, 0.3) is 5.91 Å². The molecule has 0 bridgehead atoms. The molecule has 0 spiro atoms. The summed E-state index contributed by atoms with van der Waals surface area (Å²) in [5, 5.41) is 21.8. The van der Waals surface area contributed by atoms with Crippen LogP contribution in [0, 0.1) is 5.82 Å². The van der Waals surface area contributed by atoms with E-state index in [1.807, 2.05) is 0 Å². The van der Waals surface area contributed by atoms with Gasteiger partial charge in [0.05, 0.1) is 6.54 Å². The number of hydrogen-bond donors (Lipinski definition) is 4. The van der Waals surface area contributed by atoms with Crippen molar-refractivity contribution in [2.75, 3.05) is 13.2 Å². The van der Waals surface area contributed by atoms with Gasteiger partial charge in [0.2, 0.25) is 5.91 Å². The molecule has 0 fully saturated rings. The molecule has 2 amide bonds. The standard InChI is InChI=1S/C13H15FN2O5/c14-9-3-1-2-8(6-9)12(19)15-7-11(18)16-10(4-5-17)13(20)21/h1-3,6,10,17H,4-5,7H2,(H,15,19)(H,16,18)(H,20,21)/t10-/m1/s1. The van der Waals surface area contributed by atoms with Gasteiger partial charge < -0.3 is 20.8 Å². The number of hydrogen-bond acceptors (Lipinski definition) is 4. The zero-order valence-electron chi connectivity index (χ0n) is 11.0. The van der Waals surface area contributed by atoms with Gasteiger partial charge in [-0.25, -0.2) is 9.18 Å². The number of carboxylic acid groups (broad SMARTS) is 1. The molecular formula is C13H15FN2O5. The summed E-state index contributed by atoms with van der Waals surface area (Å²) in [5.74, 6) is -3.24. The predicted octanol–water partition coefficient (Wildman–Crippen LogP) is -0.493. The first-order valence-electron chi connectivity index (χ1n) is 6.11. The van der Waals surface area contributed by atoms with Crippen LogP contribution in [0.2, 0.25) is 0 Å². The summed E-state index contributed by atoms with van der Waals surface area (Å²) in [7, 11) is 0. The summed E-state index contributed by atoms with van der Waals surface area (Å²) in [6.07, 6.45) is -0.140. The second kappa shape index (κ2) is 7.95. The highest BCUT2D eigenvalue weighted by molar-refractivity contribution is 5.96.